The van der Waals surface area contributed by atoms with Gasteiger partial charge in [0.15, 0.2) is 0 Å². The van der Waals surface area contributed by atoms with Crippen molar-refractivity contribution in [2.24, 2.45) is 5.92 Å². The highest BCUT2D eigenvalue weighted by molar-refractivity contribution is 5.72. The Bertz CT molecular complexity index is 896. The van der Waals surface area contributed by atoms with E-state index in [1.54, 1.807) is 0 Å². The van der Waals surface area contributed by atoms with Crippen LogP contribution < -0.4 is 0 Å². The van der Waals surface area contributed by atoms with Crippen molar-refractivity contribution in [1.29, 1.82) is 0 Å². The molecule has 1 saturated heterocycles. The van der Waals surface area contributed by atoms with Crippen LogP contribution in [0.3, 0.4) is 0 Å². The van der Waals surface area contributed by atoms with Gasteiger partial charge in [-0.1, -0.05) is 97.5 Å². The fourth-order valence-corrected chi connectivity index (χ4v) is 6.59. The number of unbranched alkanes of at least 4 members (excludes halogenated alkanes) is 14. The largest absolute Gasteiger partial charge is 0.497 e. The van der Waals surface area contributed by atoms with Gasteiger partial charge in [-0.3, -0.25) is 19.3 Å². The summed E-state index contributed by atoms with van der Waals surface area (Å²) in [5.74, 6) is 0.426. The lowest BCUT2D eigenvalue weighted by Gasteiger charge is -2.25. The van der Waals surface area contributed by atoms with Crippen LogP contribution in [0.15, 0.2) is 12.3 Å². The molecular formula is C41H76N2O7. The van der Waals surface area contributed by atoms with Gasteiger partial charge in [0.05, 0.1) is 38.2 Å². The third-order valence-electron chi connectivity index (χ3n) is 9.66. The van der Waals surface area contributed by atoms with Crippen LogP contribution in [0.2, 0.25) is 0 Å². The summed E-state index contributed by atoms with van der Waals surface area (Å²) >= 11 is 0. The van der Waals surface area contributed by atoms with Crippen LogP contribution in [0.5, 0.6) is 0 Å². The van der Waals surface area contributed by atoms with Crippen molar-refractivity contribution in [3.63, 3.8) is 0 Å². The Morgan fingerprint density at radius 3 is 1.84 bits per heavy atom. The molecule has 3 unspecified atom stereocenters. The molecule has 292 valence electrons. The predicted octanol–water partition coefficient (Wildman–Crippen LogP) is 9.02. The van der Waals surface area contributed by atoms with Crippen LogP contribution in [0.4, 0.5) is 0 Å². The molecule has 0 aromatic heterocycles. The lowest BCUT2D eigenvalue weighted by atomic mass is 9.94. The van der Waals surface area contributed by atoms with Gasteiger partial charge in [0.2, 0.25) is 0 Å². The van der Waals surface area contributed by atoms with Crippen molar-refractivity contribution >= 4 is 17.9 Å². The number of likely N-dealkylation sites (tertiary alicyclic amines) is 1. The molecule has 0 N–H and O–H groups in total. The number of nitrogens with zero attached hydrogens (tertiary/aromatic N) is 2. The Labute approximate surface area is 306 Å². The molecule has 0 spiro atoms. The molecular weight excluding hydrogens is 632 g/mol. The second-order valence-corrected chi connectivity index (χ2v) is 14.7. The van der Waals surface area contributed by atoms with Crippen molar-refractivity contribution in [2.45, 2.75) is 174 Å². The van der Waals surface area contributed by atoms with Crippen LogP contribution >= 0.6 is 0 Å². The summed E-state index contributed by atoms with van der Waals surface area (Å²) in [6, 6.07) is 0.0216. The molecule has 1 rings (SSSR count). The van der Waals surface area contributed by atoms with E-state index in [1.807, 2.05) is 19.0 Å². The number of carbonyl (C=O) groups is 3. The zero-order chi connectivity index (χ0) is 36.8. The van der Waals surface area contributed by atoms with E-state index in [-0.39, 0.29) is 36.0 Å². The lowest BCUT2D eigenvalue weighted by molar-refractivity contribution is -0.150. The Hall–Kier alpha value is -2.13. The van der Waals surface area contributed by atoms with Crippen molar-refractivity contribution in [1.82, 2.24) is 9.80 Å². The van der Waals surface area contributed by atoms with E-state index < -0.39 is 0 Å². The summed E-state index contributed by atoms with van der Waals surface area (Å²) in [5, 5.41) is 0. The van der Waals surface area contributed by atoms with Gasteiger partial charge in [-0.05, 0) is 72.0 Å². The molecule has 1 heterocycles. The molecule has 9 nitrogen and oxygen atoms in total. The first-order chi connectivity index (χ1) is 24.2. The maximum absolute atomic E-state index is 12.9. The summed E-state index contributed by atoms with van der Waals surface area (Å²) in [4.78, 5) is 40.7. The lowest BCUT2D eigenvalue weighted by Crippen LogP contribution is -2.33. The molecule has 0 radical (unpaired) electrons. The van der Waals surface area contributed by atoms with E-state index in [9.17, 15) is 14.4 Å². The van der Waals surface area contributed by atoms with Gasteiger partial charge in [0, 0.05) is 26.4 Å². The SMILES string of the molecule is C=C(OCCCCCCOC(=O)C(CCCCCC)CCCCCCCC)C1CC(OC(=O)CCN(C)C)CN1CCCCCCOC(C)=O. The van der Waals surface area contributed by atoms with E-state index in [2.05, 4.69) is 25.3 Å². The Morgan fingerprint density at radius 1 is 0.720 bits per heavy atom. The predicted molar refractivity (Wildman–Crippen MR) is 203 cm³/mol. The van der Waals surface area contributed by atoms with Gasteiger partial charge in [-0.25, -0.2) is 0 Å². The monoisotopic (exact) mass is 709 g/mol. The molecule has 1 aliphatic rings. The molecule has 0 amide bonds. The van der Waals surface area contributed by atoms with Gasteiger partial charge in [-0.15, -0.1) is 0 Å². The number of carbonyl (C=O) groups excluding carboxylic acids is 3. The second kappa shape index (κ2) is 30.5. The van der Waals surface area contributed by atoms with Crippen LogP contribution in [-0.4, -0.2) is 93.4 Å². The van der Waals surface area contributed by atoms with E-state index in [4.69, 9.17) is 18.9 Å². The molecule has 3 atom stereocenters. The Morgan fingerprint density at radius 2 is 1.24 bits per heavy atom. The van der Waals surface area contributed by atoms with Crippen LogP contribution in [0.25, 0.3) is 0 Å². The van der Waals surface area contributed by atoms with E-state index >= 15 is 0 Å². The normalized spacial score (nSPS) is 16.8. The zero-order valence-corrected chi connectivity index (χ0v) is 33.0. The van der Waals surface area contributed by atoms with Crippen LogP contribution in [0, 0.1) is 5.92 Å². The standard InChI is InChI=1S/C41H76N2O7/c1-7-9-11-13-14-20-26-37(25-19-12-10-8-2)41(46)49-32-24-18-17-22-30-47-35(3)39-33-38(50-40(45)27-29-42(5)6)34-43(39)28-21-15-16-23-31-48-36(4)44/h37-39H,3,7-34H2,1-2,4-6H3. The fraction of sp³-hybridized carbons (Fsp3) is 0.878. The first-order valence-electron chi connectivity index (χ1n) is 20.4. The van der Waals surface area contributed by atoms with Gasteiger partial charge in [-0.2, -0.15) is 0 Å². The van der Waals surface area contributed by atoms with Crippen LogP contribution in [0.1, 0.15) is 162 Å². The highest BCUT2D eigenvalue weighted by atomic mass is 16.5. The highest BCUT2D eigenvalue weighted by Gasteiger charge is 2.36. The van der Waals surface area contributed by atoms with E-state index in [0.29, 0.717) is 45.8 Å². The molecule has 0 aromatic rings. The van der Waals surface area contributed by atoms with Crippen molar-refractivity contribution in [3.05, 3.63) is 12.3 Å². The summed E-state index contributed by atoms with van der Waals surface area (Å²) < 4.78 is 22.8. The third kappa shape index (κ3) is 24.1. The average Bonchev–Trinajstić information content (AvgIpc) is 3.48. The third-order valence-corrected chi connectivity index (χ3v) is 9.66. The van der Waals surface area contributed by atoms with E-state index in [1.165, 1.54) is 58.3 Å². The summed E-state index contributed by atoms with van der Waals surface area (Å²) in [6.07, 6.45) is 22.8. The molecule has 0 bridgehead atoms. The minimum atomic E-state index is -0.231. The van der Waals surface area contributed by atoms with Gasteiger partial charge in [0.25, 0.3) is 0 Å². The first kappa shape index (κ1) is 45.9. The molecule has 0 aromatic carbocycles. The number of hydrogen-bond acceptors (Lipinski definition) is 9. The molecule has 0 saturated carbocycles. The second-order valence-electron chi connectivity index (χ2n) is 14.7. The quantitative estimate of drug-likeness (QED) is 0.0287. The number of rotatable bonds is 33. The zero-order valence-electron chi connectivity index (χ0n) is 33.0. The van der Waals surface area contributed by atoms with Gasteiger partial charge >= 0.3 is 17.9 Å². The molecule has 9 heteroatoms. The summed E-state index contributed by atoms with van der Waals surface area (Å²) in [5.41, 5.74) is 0. The van der Waals surface area contributed by atoms with Crippen molar-refractivity contribution < 1.29 is 33.3 Å². The van der Waals surface area contributed by atoms with Crippen molar-refractivity contribution in [3.8, 4) is 0 Å². The average molecular weight is 709 g/mol. The van der Waals surface area contributed by atoms with Gasteiger partial charge < -0.3 is 23.8 Å². The van der Waals surface area contributed by atoms with Crippen molar-refractivity contribution in [2.75, 3.05) is 53.6 Å². The number of esters is 3. The molecule has 1 aliphatic heterocycles. The Balaban J connectivity index is 2.40. The minimum absolute atomic E-state index is 0.0134. The summed E-state index contributed by atoms with van der Waals surface area (Å²) in [7, 11) is 3.90. The maximum Gasteiger partial charge on any atom is 0.308 e. The maximum atomic E-state index is 12.9. The molecule has 0 aliphatic carbocycles. The fourth-order valence-electron chi connectivity index (χ4n) is 6.59. The number of ether oxygens (including phenoxy) is 4. The van der Waals surface area contributed by atoms with Crippen LogP contribution in [-0.2, 0) is 33.3 Å². The topological polar surface area (TPSA) is 94.6 Å². The highest BCUT2D eigenvalue weighted by Crippen LogP contribution is 2.27. The molecule has 50 heavy (non-hydrogen) atoms. The first-order valence-corrected chi connectivity index (χ1v) is 20.4. The minimum Gasteiger partial charge on any atom is -0.497 e. The summed E-state index contributed by atoms with van der Waals surface area (Å²) in [6.45, 7) is 14.0. The number of hydrogen-bond donors (Lipinski definition) is 0. The Kier molecular flexibility index (Phi) is 28.0. The van der Waals surface area contributed by atoms with Gasteiger partial charge in [0.1, 0.15) is 11.9 Å². The molecule has 1 fully saturated rings. The van der Waals surface area contributed by atoms with E-state index in [0.717, 1.165) is 89.4 Å². The smallest absolute Gasteiger partial charge is 0.308 e.